The zero-order valence-electron chi connectivity index (χ0n) is 15.3. The summed E-state index contributed by atoms with van der Waals surface area (Å²) in [7, 11) is 0. The zero-order valence-corrected chi connectivity index (χ0v) is 16.8. The van der Waals surface area contributed by atoms with E-state index in [1.165, 1.54) is 11.8 Å². The summed E-state index contributed by atoms with van der Waals surface area (Å²) in [5, 5.41) is 10.0. The van der Waals surface area contributed by atoms with Crippen LogP contribution in [0, 0.1) is 11.3 Å². The van der Waals surface area contributed by atoms with Crippen molar-refractivity contribution in [3.05, 3.63) is 64.0 Å². The SMILES string of the molecule is CCCN1C(=O)/C(=C/c2ccccc2OCC#N)SC1=Nc1ccc(Cl)cc1. The summed E-state index contributed by atoms with van der Waals surface area (Å²) in [6.07, 6.45) is 2.60. The quantitative estimate of drug-likeness (QED) is 0.608. The number of amides is 1. The van der Waals surface area contributed by atoms with E-state index in [0.29, 0.717) is 27.4 Å². The number of para-hydroxylation sites is 1. The molecule has 0 radical (unpaired) electrons. The van der Waals surface area contributed by atoms with Crippen molar-refractivity contribution in [2.75, 3.05) is 13.2 Å². The van der Waals surface area contributed by atoms with Crippen molar-refractivity contribution in [2.45, 2.75) is 13.3 Å². The van der Waals surface area contributed by atoms with Gasteiger partial charge >= 0.3 is 0 Å². The molecule has 2 aromatic rings. The Morgan fingerprint density at radius 3 is 2.71 bits per heavy atom. The van der Waals surface area contributed by atoms with E-state index in [-0.39, 0.29) is 12.5 Å². The monoisotopic (exact) mass is 411 g/mol. The van der Waals surface area contributed by atoms with E-state index in [2.05, 4.69) is 4.99 Å². The second-order valence-electron chi connectivity index (χ2n) is 5.92. The van der Waals surface area contributed by atoms with Crippen LogP contribution in [0.15, 0.2) is 58.4 Å². The van der Waals surface area contributed by atoms with E-state index in [4.69, 9.17) is 21.6 Å². The van der Waals surface area contributed by atoms with Crippen LogP contribution in [-0.2, 0) is 4.79 Å². The van der Waals surface area contributed by atoms with Gasteiger partial charge in [-0.1, -0.05) is 36.7 Å². The number of halogens is 1. The Morgan fingerprint density at radius 2 is 2.00 bits per heavy atom. The van der Waals surface area contributed by atoms with Crippen LogP contribution in [0.3, 0.4) is 0 Å². The summed E-state index contributed by atoms with van der Waals surface area (Å²) in [4.78, 5) is 19.8. The molecule has 0 N–H and O–H groups in total. The van der Waals surface area contributed by atoms with Gasteiger partial charge in [0.05, 0.1) is 10.6 Å². The number of hydrogen-bond donors (Lipinski definition) is 0. The maximum atomic E-state index is 12.9. The second-order valence-corrected chi connectivity index (χ2v) is 7.37. The maximum absolute atomic E-state index is 12.9. The number of carbonyl (C=O) groups is 1. The molecule has 1 aliphatic heterocycles. The smallest absolute Gasteiger partial charge is 0.266 e. The second kappa shape index (κ2) is 9.45. The topological polar surface area (TPSA) is 65.7 Å². The Bertz CT molecular complexity index is 964. The molecule has 1 saturated heterocycles. The van der Waals surface area contributed by atoms with Gasteiger partial charge in [0.2, 0.25) is 0 Å². The number of benzene rings is 2. The van der Waals surface area contributed by atoms with Gasteiger partial charge in [0.15, 0.2) is 11.8 Å². The molecule has 0 atom stereocenters. The molecule has 0 unspecified atom stereocenters. The van der Waals surface area contributed by atoms with Crippen molar-refractivity contribution < 1.29 is 9.53 Å². The average Bonchev–Trinajstić information content (AvgIpc) is 2.98. The van der Waals surface area contributed by atoms with Gasteiger partial charge in [0, 0.05) is 17.1 Å². The molecule has 0 aliphatic carbocycles. The molecule has 1 aliphatic rings. The highest BCUT2D eigenvalue weighted by molar-refractivity contribution is 8.18. The lowest BCUT2D eigenvalue weighted by Crippen LogP contribution is -2.29. The molecule has 142 valence electrons. The number of ether oxygens (including phenoxy) is 1. The number of aliphatic imine (C=N–C) groups is 1. The standard InChI is InChI=1S/C21H18ClN3O2S/c1-2-12-25-20(26)19(14-15-5-3-4-6-18(15)27-13-11-23)28-21(25)24-17-9-7-16(22)8-10-17/h3-10,14H,2,12-13H2,1H3/b19-14-,24-21?. The first kappa shape index (κ1) is 20.0. The fraction of sp³-hybridized carbons (Fsp3) is 0.190. The maximum Gasteiger partial charge on any atom is 0.266 e. The first-order chi connectivity index (χ1) is 13.6. The van der Waals surface area contributed by atoms with Gasteiger partial charge in [0.1, 0.15) is 11.8 Å². The summed E-state index contributed by atoms with van der Waals surface area (Å²) in [6, 6.07) is 16.5. The fourth-order valence-electron chi connectivity index (χ4n) is 2.62. The lowest BCUT2D eigenvalue weighted by Gasteiger charge is -2.14. The molecule has 28 heavy (non-hydrogen) atoms. The number of amidine groups is 1. The van der Waals surface area contributed by atoms with E-state index >= 15 is 0 Å². The molecule has 7 heteroatoms. The highest BCUT2D eigenvalue weighted by atomic mass is 35.5. The molecule has 1 amide bonds. The minimum Gasteiger partial charge on any atom is -0.478 e. The predicted octanol–water partition coefficient (Wildman–Crippen LogP) is 5.26. The van der Waals surface area contributed by atoms with Crippen LogP contribution < -0.4 is 4.74 Å². The molecule has 0 saturated carbocycles. The first-order valence-corrected chi connectivity index (χ1v) is 9.96. The van der Waals surface area contributed by atoms with Crippen molar-refractivity contribution in [3.63, 3.8) is 0 Å². The molecule has 0 aromatic heterocycles. The van der Waals surface area contributed by atoms with Gasteiger partial charge in [0.25, 0.3) is 5.91 Å². The van der Waals surface area contributed by atoms with Gasteiger partial charge in [-0.2, -0.15) is 5.26 Å². The van der Waals surface area contributed by atoms with Crippen LogP contribution in [0.25, 0.3) is 6.08 Å². The summed E-state index contributed by atoms with van der Waals surface area (Å²) in [5.74, 6) is 0.477. The van der Waals surface area contributed by atoms with Crippen LogP contribution >= 0.6 is 23.4 Å². The molecule has 3 rings (SSSR count). The molecule has 1 heterocycles. The van der Waals surface area contributed by atoms with E-state index < -0.39 is 0 Å². The lowest BCUT2D eigenvalue weighted by molar-refractivity contribution is -0.122. The van der Waals surface area contributed by atoms with E-state index in [1.807, 2.05) is 43.3 Å². The van der Waals surface area contributed by atoms with E-state index in [9.17, 15) is 4.79 Å². The summed E-state index contributed by atoms with van der Waals surface area (Å²) in [5.41, 5.74) is 1.48. The molecule has 0 bridgehead atoms. The molecule has 5 nitrogen and oxygen atoms in total. The third kappa shape index (κ3) is 4.75. The van der Waals surface area contributed by atoms with Crippen molar-refractivity contribution in [1.29, 1.82) is 5.26 Å². The average molecular weight is 412 g/mol. The molecule has 2 aromatic carbocycles. The molecule has 0 spiro atoms. The summed E-state index contributed by atoms with van der Waals surface area (Å²) >= 11 is 7.26. The number of hydrogen-bond acceptors (Lipinski definition) is 5. The summed E-state index contributed by atoms with van der Waals surface area (Å²) < 4.78 is 5.46. The van der Waals surface area contributed by atoms with E-state index in [0.717, 1.165) is 17.7 Å². The highest BCUT2D eigenvalue weighted by Gasteiger charge is 2.33. The molecular weight excluding hydrogens is 394 g/mol. The van der Waals surface area contributed by atoms with Gasteiger partial charge in [-0.15, -0.1) is 0 Å². The van der Waals surface area contributed by atoms with Gasteiger partial charge in [-0.3, -0.25) is 9.69 Å². The Morgan fingerprint density at radius 1 is 1.25 bits per heavy atom. The Balaban J connectivity index is 1.93. The van der Waals surface area contributed by atoms with E-state index in [1.54, 1.807) is 29.2 Å². The Hall–Kier alpha value is -2.75. The van der Waals surface area contributed by atoms with Crippen LogP contribution in [0.1, 0.15) is 18.9 Å². The van der Waals surface area contributed by atoms with Crippen LogP contribution in [0.2, 0.25) is 5.02 Å². The van der Waals surface area contributed by atoms with Crippen molar-refractivity contribution in [3.8, 4) is 11.8 Å². The minimum atomic E-state index is -0.0883. The summed E-state index contributed by atoms with van der Waals surface area (Å²) in [6.45, 7) is 2.55. The van der Waals surface area contributed by atoms with Gasteiger partial charge < -0.3 is 4.74 Å². The van der Waals surface area contributed by atoms with Gasteiger partial charge in [-0.25, -0.2) is 4.99 Å². The number of rotatable bonds is 6. The first-order valence-electron chi connectivity index (χ1n) is 8.77. The van der Waals surface area contributed by atoms with Crippen molar-refractivity contribution in [2.24, 2.45) is 4.99 Å². The fourth-order valence-corrected chi connectivity index (χ4v) is 3.76. The van der Waals surface area contributed by atoms with Crippen LogP contribution in [-0.4, -0.2) is 29.1 Å². The Labute approximate surface area is 173 Å². The van der Waals surface area contributed by atoms with Crippen molar-refractivity contribution in [1.82, 2.24) is 4.90 Å². The van der Waals surface area contributed by atoms with Gasteiger partial charge in [-0.05, 0) is 54.6 Å². The van der Waals surface area contributed by atoms with Crippen LogP contribution in [0.5, 0.6) is 5.75 Å². The highest BCUT2D eigenvalue weighted by Crippen LogP contribution is 2.35. The number of nitriles is 1. The van der Waals surface area contributed by atoms with Crippen molar-refractivity contribution >= 4 is 46.2 Å². The lowest BCUT2D eigenvalue weighted by atomic mass is 10.2. The Kier molecular flexibility index (Phi) is 6.75. The molecule has 1 fully saturated rings. The van der Waals surface area contributed by atoms with Crippen LogP contribution in [0.4, 0.5) is 5.69 Å². The largest absolute Gasteiger partial charge is 0.478 e. The minimum absolute atomic E-state index is 0.0491. The number of thioether (sulfide) groups is 1. The predicted molar refractivity (Wildman–Crippen MR) is 114 cm³/mol. The number of carbonyl (C=O) groups excluding carboxylic acids is 1. The molecular formula is C21H18ClN3O2S. The third-order valence-corrected chi connectivity index (χ3v) is 5.14. The number of nitrogens with zero attached hydrogens (tertiary/aromatic N) is 3. The third-order valence-electron chi connectivity index (χ3n) is 3.88. The zero-order chi connectivity index (χ0) is 19.9. The normalized spacial score (nSPS) is 16.6.